The van der Waals surface area contributed by atoms with Gasteiger partial charge in [-0.05, 0) is 13.0 Å². The van der Waals surface area contributed by atoms with Crippen molar-refractivity contribution in [2.45, 2.75) is 6.92 Å². The molecule has 78 valence electrons. The molecule has 0 spiro atoms. The number of ether oxygens (including phenoxy) is 1. The maximum Gasteiger partial charge on any atom is 0.349 e. The minimum Gasteiger partial charge on any atom is -0.469 e. The summed E-state index contributed by atoms with van der Waals surface area (Å²) in [7, 11) is 1.35. The van der Waals surface area contributed by atoms with Crippen molar-refractivity contribution in [1.82, 2.24) is 4.98 Å². The monoisotopic (exact) mass is 223 g/mol. The van der Waals surface area contributed by atoms with Crippen molar-refractivity contribution in [3.8, 4) is 10.6 Å². The normalized spacial score (nSPS) is 10.3. The second-order valence-corrected chi connectivity index (χ2v) is 3.94. The number of hydrogen-bond donors (Lipinski definition) is 0. The van der Waals surface area contributed by atoms with E-state index in [0.717, 1.165) is 16.3 Å². The molecule has 0 aliphatic rings. The van der Waals surface area contributed by atoms with Gasteiger partial charge in [-0.15, -0.1) is 11.3 Å². The Hall–Kier alpha value is -1.62. The van der Waals surface area contributed by atoms with Crippen LogP contribution in [0.5, 0.6) is 0 Å². The number of rotatable bonds is 2. The van der Waals surface area contributed by atoms with E-state index in [1.54, 1.807) is 6.26 Å². The van der Waals surface area contributed by atoms with Crippen LogP contribution in [-0.4, -0.2) is 18.1 Å². The van der Waals surface area contributed by atoms with Gasteiger partial charge in [0.25, 0.3) is 0 Å². The number of esters is 1. The van der Waals surface area contributed by atoms with Gasteiger partial charge in [0.15, 0.2) is 0 Å². The Morgan fingerprint density at radius 1 is 1.60 bits per heavy atom. The molecule has 0 saturated carbocycles. The maximum atomic E-state index is 11.2. The summed E-state index contributed by atoms with van der Waals surface area (Å²) in [6.07, 6.45) is 3.11. The lowest BCUT2D eigenvalue weighted by Crippen LogP contribution is -1.96. The highest BCUT2D eigenvalue weighted by molar-refractivity contribution is 7.16. The van der Waals surface area contributed by atoms with E-state index in [1.165, 1.54) is 24.6 Å². The molecule has 2 aromatic heterocycles. The van der Waals surface area contributed by atoms with E-state index in [4.69, 9.17) is 4.42 Å². The smallest absolute Gasteiger partial charge is 0.349 e. The molecule has 2 heterocycles. The maximum absolute atomic E-state index is 11.2. The zero-order valence-corrected chi connectivity index (χ0v) is 9.13. The molecule has 0 aliphatic carbocycles. The number of furan rings is 1. The third-order valence-electron chi connectivity index (χ3n) is 1.98. The molecule has 0 unspecified atom stereocenters. The first-order chi connectivity index (χ1) is 7.22. The van der Waals surface area contributed by atoms with Crippen LogP contribution in [0.15, 0.2) is 22.9 Å². The lowest BCUT2D eigenvalue weighted by Gasteiger charge is -1.92. The number of carbonyl (C=O) groups excluding carboxylic acids is 1. The van der Waals surface area contributed by atoms with Crippen LogP contribution in [0.2, 0.25) is 0 Å². The summed E-state index contributed by atoms with van der Waals surface area (Å²) in [4.78, 5) is 15.8. The first-order valence-electron chi connectivity index (χ1n) is 4.31. The molecular weight excluding hydrogens is 214 g/mol. The number of aryl methyl sites for hydroxylation is 1. The molecule has 0 atom stereocenters. The topological polar surface area (TPSA) is 52.3 Å². The molecule has 0 aromatic carbocycles. The summed E-state index contributed by atoms with van der Waals surface area (Å²) in [5, 5.41) is 0.765. The van der Waals surface area contributed by atoms with Crippen LogP contribution in [0.25, 0.3) is 10.6 Å². The van der Waals surface area contributed by atoms with Crippen molar-refractivity contribution in [1.29, 1.82) is 0 Å². The van der Waals surface area contributed by atoms with Crippen molar-refractivity contribution in [3.63, 3.8) is 0 Å². The number of aromatic nitrogens is 1. The molecule has 0 radical (unpaired) electrons. The predicted octanol–water partition coefficient (Wildman–Crippen LogP) is 2.50. The number of methoxy groups -OCH3 is 1. The molecule has 2 rings (SSSR count). The van der Waals surface area contributed by atoms with E-state index < -0.39 is 0 Å². The molecule has 4 nitrogen and oxygen atoms in total. The Balaban J connectivity index is 2.36. The van der Waals surface area contributed by atoms with Gasteiger partial charge in [0.2, 0.25) is 0 Å². The predicted molar refractivity (Wildman–Crippen MR) is 55.9 cm³/mol. The van der Waals surface area contributed by atoms with Gasteiger partial charge in [0, 0.05) is 0 Å². The first-order valence-corrected chi connectivity index (χ1v) is 5.12. The largest absolute Gasteiger partial charge is 0.469 e. The number of hydrogen-bond acceptors (Lipinski definition) is 5. The van der Waals surface area contributed by atoms with Gasteiger partial charge >= 0.3 is 5.97 Å². The number of carbonyl (C=O) groups is 1. The van der Waals surface area contributed by atoms with Crippen molar-refractivity contribution >= 4 is 17.3 Å². The van der Waals surface area contributed by atoms with Crippen molar-refractivity contribution < 1.29 is 13.9 Å². The molecule has 2 aromatic rings. The van der Waals surface area contributed by atoms with Crippen LogP contribution in [-0.2, 0) is 4.74 Å². The molecule has 0 N–H and O–H groups in total. The highest BCUT2D eigenvalue weighted by Crippen LogP contribution is 2.28. The molecule has 5 heteroatoms. The van der Waals surface area contributed by atoms with Gasteiger partial charge < -0.3 is 9.15 Å². The highest BCUT2D eigenvalue weighted by atomic mass is 32.1. The van der Waals surface area contributed by atoms with E-state index in [1.807, 2.05) is 13.0 Å². The van der Waals surface area contributed by atoms with E-state index in [-0.39, 0.29) is 5.97 Å². The van der Waals surface area contributed by atoms with Crippen LogP contribution in [0.3, 0.4) is 0 Å². The number of nitrogens with zero attached hydrogens (tertiary/aromatic N) is 1. The molecule has 0 amide bonds. The lowest BCUT2D eigenvalue weighted by molar-refractivity contribution is 0.0606. The molecule has 0 fully saturated rings. The third-order valence-corrected chi connectivity index (χ3v) is 2.99. The minimum atomic E-state index is -0.361. The molecule has 0 bridgehead atoms. The molecule has 0 saturated heterocycles. The first kappa shape index (κ1) is 9.92. The van der Waals surface area contributed by atoms with Crippen molar-refractivity contribution in [3.05, 3.63) is 29.2 Å². The average molecular weight is 223 g/mol. The standard InChI is InChI=1S/C10H9NO3S/c1-6-7(3-4-14-6)9-11-5-8(15-9)10(12)13-2/h3-5H,1-2H3. The fourth-order valence-corrected chi connectivity index (χ4v) is 2.11. The van der Waals surface area contributed by atoms with Crippen LogP contribution >= 0.6 is 11.3 Å². The summed E-state index contributed by atoms with van der Waals surface area (Å²) in [6.45, 7) is 1.86. The molecule has 15 heavy (non-hydrogen) atoms. The second kappa shape index (κ2) is 3.86. The van der Waals surface area contributed by atoms with Crippen LogP contribution in [0.4, 0.5) is 0 Å². The van der Waals surface area contributed by atoms with Crippen LogP contribution in [0, 0.1) is 6.92 Å². The second-order valence-electron chi connectivity index (χ2n) is 2.91. The van der Waals surface area contributed by atoms with Crippen molar-refractivity contribution in [2.75, 3.05) is 7.11 Å². The average Bonchev–Trinajstić information content (AvgIpc) is 2.84. The molecule has 0 aliphatic heterocycles. The van der Waals surface area contributed by atoms with Crippen LogP contribution in [0.1, 0.15) is 15.4 Å². The summed E-state index contributed by atoms with van der Waals surface area (Å²) < 4.78 is 9.77. The fraction of sp³-hybridized carbons (Fsp3) is 0.200. The zero-order chi connectivity index (χ0) is 10.8. The zero-order valence-electron chi connectivity index (χ0n) is 8.31. The highest BCUT2D eigenvalue weighted by Gasteiger charge is 2.13. The fourth-order valence-electron chi connectivity index (χ4n) is 1.20. The SMILES string of the molecule is COC(=O)c1cnc(-c2ccoc2C)s1. The minimum absolute atomic E-state index is 0.361. The Morgan fingerprint density at radius 2 is 2.40 bits per heavy atom. The van der Waals surface area contributed by atoms with Crippen LogP contribution < -0.4 is 0 Å². The van der Waals surface area contributed by atoms with E-state index in [2.05, 4.69) is 9.72 Å². The van der Waals surface area contributed by atoms with E-state index >= 15 is 0 Å². The van der Waals surface area contributed by atoms with E-state index in [9.17, 15) is 4.79 Å². The quantitative estimate of drug-likeness (QED) is 0.734. The Kier molecular flexibility index (Phi) is 2.55. The van der Waals surface area contributed by atoms with Gasteiger partial charge in [-0.1, -0.05) is 0 Å². The lowest BCUT2D eigenvalue weighted by atomic mass is 10.3. The van der Waals surface area contributed by atoms with Gasteiger partial charge in [-0.3, -0.25) is 0 Å². The van der Waals surface area contributed by atoms with E-state index in [0.29, 0.717) is 4.88 Å². The van der Waals surface area contributed by atoms with Gasteiger partial charge in [-0.2, -0.15) is 0 Å². The molecular formula is C10H9NO3S. The summed E-state index contributed by atoms with van der Waals surface area (Å²) in [6, 6.07) is 1.83. The van der Waals surface area contributed by atoms with Gasteiger partial charge in [0.1, 0.15) is 15.6 Å². The van der Waals surface area contributed by atoms with Crippen molar-refractivity contribution in [2.24, 2.45) is 0 Å². The summed E-state index contributed by atoms with van der Waals surface area (Å²) in [5.74, 6) is 0.431. The Bertz CT molecular complexity index is 486. The third kappa shape index (κ3) is 1.78. The summed E-state index contributed by atoms with van der Waals surface area (Å²) >= 11 is 1.29. The Labute approximate surface area is 90.5 Å². The summed E-state index contributed by atoms with van der Waals surface area (Å²) in [5.41, 5.74) is 0.912. The Morgan fingerprint density at radius 3 is 3.00 bits per heavy atom. The van der Waals surface area contributed by atoms with Gasteiger partial charge in [-0.25, -0.2) is 9.78 Å². The number of thiazole rings is 1. The van der Waals surface area contributed by atoms with Gasteiger partial charge in [0.05, 0.1) is 25.1 Å².